The Balaban J connectivity index is 1.73. The normalized spacial score (nSPS) is 16.4. The number of carbonyl (C=O) groups is 1. The molecule has 7 heteroatoms. The first kappa shape index (κ1) is 15.4. The Morgan fingerprint density at radius 1 is 1.40 bits per heavy atom. The molecule has 2 aromatic heterocycles. The topological polar surface area (TPSA) is 69.3 Å². The molecule has 1 aliphatic rings. The molecule has 0 bridgehead atoms. The van der Waals surface area contributed by atoms with Crippen molar-refractivity contribution in [1.82, 2.24) is 9.78 Å². The van der Waals surface area contributed by atoms with Crippen LogP contribution in [0.1, 0.15) is 29.2 Å². The Labute approximate surface area is 143 Å². The van der Waals surface area contributed by atoms with E-state index in [1.165, 1.54) is 13.2 Å². The van der Waals surface area contributed by atoms with Crippen molar-refractivity contribution in [2.75, 3.05) is 12.4 Å². The van der Waals surface area contributed by atoms with Gasteiger partial charge in [-0.2, -0.15) is 5.10 Å². The maximum absolute atomic E-state index is 14.5. The molecule has 4 rings (SSSR count). The predicted octanol–water partition coefficient (Wildman–Crippen LogP) is 3.15. The molecule has 0 saturated heterocycles. The zero-order valence-electron chi connectivity index (χ0n) is 13.5. The van der Waals surface area contributed by atoms with Crippen LogP contribution in [0.3, 0.4) is 0 Å². The third kappa shape index (κ3) is 2.77. The van der Waals surface area contributed by atoms with Crippen molar-refractivity contribution in [3.8, 4) is 5.75 Å². The highest BCUT2D eigenvalue weighted by atomic mass is 19.1. The number of aromatic nitrogens is 2. The number of carbonyl (C=O) groups excluding carboxylic acids is 1. The van der Waals surface area contributed by atoms with E-state index in [1.807, 2.05) is 6.07 Å². The summed E-state index contributed by atoms with van der Waals surface area (Å²) in [6.07, 6.45) is 3.42. The first-order valence-corrected chi connectivity index (χ1v) is 7.87. The number of furan rings is 1. The Morgan fingerprint density at radius 2 is 2.28 bits per heavy atom. The summed E-state index contributed by atoms with van der Waals surface area (Å²) in [6.45, 7) is 0.389. The lowest BCUT2D eigenvalue weighted by Crippen LogP contribution is -2.25. The summed E-state index contributed by atoms with van der Waals surface area (Å²) in [5.74, 6) is 0.777. The highest BCUT2D eigenvalue weighted by Gasteiger charge is 2.31. The number of methoxy groups -OCH3 is 1. The van der Waals surface area contributed by atoms with E-state index < -0.39 is 5.82 Å². The minimum Gasteiger partial charge on any atom is -0.497 e. The molecule has 128 valence electrons. The zero-order valence-corrected chi connectivity index (χ0v) is 13.5. The predicted molar refractivity (Wildman–Crippen MR) is 88.1 cm³/mol. The van der Waals surface area contributed by atoms with Gasteiger partial charge in [0.05, 0.1) is 19.6 Å². The summed E-state index contributed by atoms with van der Waals surface area (Å²) in [5, 5.41) is 7.18. The average molecular weight is 341 g/mol. The van der Waals surface area contributed by atoms with Crippen LogP contribution in [0.25, 0.3) is 0 Å². The number of nitrogens with zero attached hydrogens (tertiary/aromatic N) is 2. The fourth-order valence-corrected chi connectivity index (χ4v) is 3.13. The van der Waals surface area contributed by atoms with Crippen LogP contribution in [0.4, 0.5) is 10.2 Å². The largest absolute Gasteiger partial charge is 0.497 e. The molecule has 6 nitrogen and oxygen atoms in total. The smallest absolute Gasteiger partial charge is 0.226 e. The minimum atomic E-state index is -0.399. The van der Waals surface area contributed by atoms with E-state index in [2.05, 4.69) is 10.4 Å². The van der Waals surface area contributed by atoms with Crippen molar-refractivity contribution >= 4 is 11.7 Å². The van der Waals surface area contributed by atoms with Gasteiger partial charge >= 0.3 is 0 Å². The molecule has 3 aromatic rings. The monoisotopic (exact) mass is 341 g/mol. The quantitative estimate of drug-likeness (QED) is 0.791. The van der Waals surface area contributed by atoms with Crippen molar-refractivity contribution < 1.29 is 18.3 Å². The van der Waals surface area contributed by atoms with Gasteiger partial charge in [0, 0.05) is 24.0 Å². The molecule has 1 amide bonds. The van der Waals surface area contributed by atoms with Crippen molar-refractivity contribution in [2.45, 2.75) is 18.9 Å². The van der Waals surface area contributed by atoms with E-state index in [-0.39, 0.29) is 18.2 Å². The molecule has 3 heterocycles. The first-order valence-electron chi connectivity index (χ1n) is 7.87. The van der Waals surface area contributed by atoms with Gasteiger partial charge in [0.1, 0.15) is 29.7 Å². The number of anilines is 1. The maximum atomic E-state index is 14.5. The maximum Gasteiger partial charge on any atom is 0.226 e. The van der Waals surface area contributed by atoms with Crippen LogP contribution < -0.4 is 10.1 Å². The zero-order chi connectivity index (χ0) is 17.4. The van der Waals surface area contributed by atoms with Crippen LogP contribution in [-0.4, -0.2) is 22.8 Å². The first-order chi connectivity index (χ1) is 12.2. The third-order valence-electron chi connectivity index (χ3n) is 4.36. The van der Waals surface area contributed by atoms with Gasteiger partial charge in [-0.3, -0.25) is 4.79 Å². The highest BCUT2D eigenvalue weighted by molar-refractivity contribution is 5.94. The number of benzene rings is 1. The Bertz CT molecular complexity index is 918. The van der Waals surface area contributed by atoms with E-state index in [0.717, 1.165) is 11.3 Å². The van der Waals surface area contributed by atoms with Gasteiger partial charge in [0.15, 0.2) is 0 Å². The molecule has 1 aromatic carbocycles. The molecule has 25 heavy (non-hydrogen) atoms. The van der Waals surface area contributed by atoms with Gasteiger partial charge in [-0.05, 0) is 23.8 Å². The average Bonchev–Trinajstić information content (AvgIpc) is 3.25. The van der Waals surface area contributed by atoms with Crippen LogP contribution in [0.5, 0.6) is 5.75 Å². The molecule has 1 atom stereocenters. The highest BCUT2D eigenvalue weighted by Crippen LogP contribution is 2.38. The summed E-state index contributed by atoms with van der Waals surface area (Å²) < 4.78 is 26.5. The van der Waals surface area contributed by atoms with E-state index in [1.54, 1.807) is 35.3 Å². The summed E-state index contributed by atoms with van der Waals surface area (Å²) in [7, 11) is 1.49. The summed E-state index contributed by atoms with van der Waals surface area (Å²) in [5.41, 5.74) is 1.24. The molecule has 0 saturated carbocycles. The van der Waals surface area contributed by atoms with Crippen LogP contribution in [0, 0.1) is 5.82 Å². The van der Waals surface area contributed by atoms with Crippen molar-refractivity contribution in [1.29, 1.82) is 0 Å². The van der Waals surface area contributed by atoms with E-state index in [9.17, 15) is 9.18 Å². The molecule has 0 spiro atoms. The SMILES string of the molecule is COc1ccc([C@H]2CC(=O)Nc3c2cnn3Cc2ccco2)c(F)c1. The second kappa shape index (κ2) is 6.08. The molecule has 1 N–H and O–H groups in total. The number of ether oxygens (including phenoxy) is 1. The van der Waals surface area contributed by atoms with Crippen LogP contribution in [-0.2, 0) is 11.3 Å². The van der Waals surface area contributed by atoms with Gasteiger partial charge in [-0.15, -0.1) is 0 Å². The Morgan fingerprint density at radius 3 is 3.00 bits per heavy atom. The molecular formula is C18H16FN3O3. The molecule has 0 radical (unpaired) electrons. The standard InChI is InChI=1S/C18H16FN3O3/c1-24-11-4-5-13(16(19)7-11)14-8-17(23)21-18-15(14)9-20-22(18)10-12-3-2-6-25-12/h2-7,9,14H,8,10H2,1H3,(H,21,23)/t14-/m1/s1. The van der Waals surface area contributed by atoms with Gasteiger partial charge in [0.25, 0.3) is 0 Å². The fraction of sp³-hybridized carbons (Fsp3) is 0.222. The number of rotatable bonds is 4. The number of hydrogen-bond acceptors (Lipinski definition) is 4. The van der Waals surface area contributed by atoms with Gasteiger partial charge in [0.2, 0.25) is 5.91 Å². The fourth-order valence-electron chi connectivity index (χ4n) is 3.13. The van der Waals surface area contributed by atoms with Crippen molar-refractivity contribution in [3.63, 3.8) is 0 Å². The lowest BCUT2D eigenvalue weighted by Gasteiger charge is -2.24. The summed E-state index contributed by atoms with van der Waals surface area (Å²) >= 11 is 0. The van der Waals surface area contributed by atoms with E-state index in [4.69, 9.17) is 9.15 Å². The van der Waals surface area contributed by atoms with Crippen LogP contribution in [0.15, 0.2) is 47.2 Å². The minimum absolute atomic E-state index is 0.169. The summed E-state index contributed by atoms with van der Waals surface area (Å²) in [4.78, 5) is 12.2. The van der Waals surface area contributed by atoms with E-state index in [0.29, 0.717) is 23.7 Å². The van der Waals surface area contributed by atoms with Crippen LogP contribution in [0.2, 0.25) is 0 Å². The number of fused-ring (bicyclic) bond motifs is 1. The number of amides is 1. The lowest BCUT2D eigenvalue weighted by molar-refractivity contribution is -0.116. The van der Waals surface area contributed by atoms with Crippen LogP contribution >= 0.6 is 0 Å². The van der Waals surface area contributed by atoms with Gasteiger partial charge < -0.3 is 14.5 Å². The number of hydrogen-bond donors (Lipinski definition) is 1. The third-order valence-corrected chi connectivity index (χ3v) is 4.36. The molecule has 1 aliphatic heterocycles. The molecule has 0 fully saturated rings. The molecule has 0 unspecified atom stereocenters. The second-order valence-electron chi connectivity index (χ2n) is 5.88. The Hall–Kier alpha value is -3.09. The van der Waals surface area contributed by atoms with Crippen molar-refractivity contribution in [3.05, 3.63) is 65.5 Å². The summed E-state index contributed by atoms with van der Waals surface area (Å²) in [6, 6.07) is 8.30. The lowest BCUT2D eigenvalue weighted by atomic mass is 9.87. The van der Waals surface area contributed by atoms with Gasteiger partial charge in [-0.1, -0.05) is 6.07 Å². The van der Waals surface area contributed by atoms with E-state index >= 15 is 0 Å². The second-order valence-corrected chi connectivity index (χ2v) is 5.88. The molecule has 0 aliphatic carbocycles. The molecular weight excluding hydrogens is 325 g/mol. The number of halogens is 1. The number of nitrogens with one attached hydrogen (secondary N) is 1. The van der Waals surface area contributed by atoms with Crippen molar-refractivity contribution in [2.24, 2.45) is 0 Å². The van der Waals surface area contributed by atoms with Gasteiger partial charge in [-0.25, -0.2) is 9.07 Å². The Kier molecular flexibility index (Phi) is 3.76.